The topological polar surface area (TPSA) is 85.5 Å². The molecule has 0 saturated heterocycles. The number of nitrogens with one attached hydrogen (secondary N) is 2. The number of nitrogens with zero attached hydrogens (tertiary/aromatic N) is 6. The van der Waals surface area contributed by atoms with Crippen LogP contribution in [0.1, 0.15) is 103 Å². The van der Waals surface area contributed by atoms with Crippen molar-refractivity contribution in [3.05, 3.63) is 72.8 Å². The summed E-state index contributed by atoms with van der Waals surface area (Å²) in [5.74, 6) is 0. The SMILES string of the molecule is CCCCCCCC(Nc1ccc(NC(CCCCCCC)n2nnc3ccccc32)cc1)n1nnc2ccccc21. The Kier molecular flexibility index (Phi) is 10.8. The molecule has 0 aliphatic carbocycles. The molecule has 5 rings (SSSR count). The fraction of sp³-hybridized carbons (Fsp3) is 0.471. The molecule has 3 aromatic carbocycles. The second-order valence-electron chi connectivity index (χ2n) is 11.3. The molecular weight excluding hydrogens is 520 g/mol. The van der Waals surface area contributed by atoms with Crippen molar-refractivity contribution in [2.45, 2.75) is 103 Å². The molecule has 2 unspecified atom stereocenters. The number of aromatic nitrogens is 6. The molecule has 2 heterocycles. The molecule has 8 nitrogen and oxygen atoms in total. The van der Waals surface area contributed by atoms with Gasteiger partial charge in [0.2, 0.25) is 0 Å². The monoisotopic (exact) mass is 566 g/mol. The predicted octanol–water partition coefficient (Wildman–Crippen LogP) is 9.12. The van der Waals surface area contributed by atoms with E-state index < -0.39 is 0 Å². The van der Waals surface area contributed by atoms with E-state index >= 15 is 0 Å². The normalized spacial score (nSPS) is 13.0. The molecule has 0 amide bonds. The van der Waals surface area contributed by atoms with Crippen molar-refractivity contribution in [1.82, 2.24) is 30.0 Å². The second-order valence-corrected chi connectivity index (χ2v) is 11.3. The Labute approximate surface area is 249 Å². The molecule has 2 aromatic heterocycles. The van der Waals surface area contributed by atoms with Crippen LogP contribution in [0.2, 0.25) is 0 Å². The summed E-state index contributed by atoms with van der Waals surface area (Å²) in [5, 5.41) is 25.4. The van der Waals surface area contributed by atoms with E-state index in [0.29, 0.717) is 0 Å². The zero-order valence-corrected chi connectivity index (χ0v) is 25.3. The lowest BCUT2D eigenvalue weighted by Crippen LogP contribution is -2.21. The van der Waals surface area contributed by atoms with Crippen LogP contribution in [0.3, 0.4) is 0 Å². The summed E-state index contributed by atoms with van der Waals surface area (Å²) in [4.78, 5) is 0. The standard InChI is InChI=1S/C34H46N8/c1-3-5-7-9-11-21-33(41-31-19-15-13-17-29(31)37-39-41)35-27-23-25-28(26-24-27)36-34(22-12-10-8-6-4-2)42-32-20-16-14-18-30(32)38-40-42/h13-20,23-26,33-36H,3-12,21-22H2,1-2H3. The highest BCUT2D eigenvalue weighted by atomic mass is 15.5. The van der Waals surface area contributed by atoms with Crippen LogP contribution < -0.4 is 10.6 Å². The van der Waals surface area contributed by atoms with Crippen molar-refractivity contribution >= 4 is 33.4 Å². The largest absolute Gasteiger partial charge is 0.364 e. The van der Waals surface area contributed by atoms with E-state index in [2.05, 4.69) is 93.6 Å². The molecule has 0 aliphatic heterocycles. The van der Waals surface area contributed by atoms with Crippen LogP contribution in [-0.2, 0) is 0 Å². The summed E-state index contributed by atoms with van der Waals surface area (Å²) in [7, 11) is 0. The molecule has 0 radical (unpaired) electrons. The third-order valence-electron chi connectivity index (χ3n) is 8.06. The van der Waals surface area contributed by atoms with Crippen LogP contribution in [0.25, 0.3) is 22.1 Å². The van der Waals surface area contributed by atoms with Gasteiger partial charge < -0.3 is 10.6 Å². The van der Waals surface area contributed by atoms with Crippen molar-refractivity contribution < 1.29 is 0 Å². The van der Waals surface area contributed by atoms with Gasteiger partial charge in [0.15, 0.2) is 0 Å². The number of unbranched alkanes of at least 4 members (excludes halogenated alkanes) is 8. The zero-order valence-electron chi connectivity index (χ0n) is 25.3. The molecule has 2 atom stereocenters. The maximum absolute atomic E-state index is 4.54. The predicted molar refractivity (Wildman–Crippen MR) is 174 cm³/mol. The summed E-state index contributed by atoms with van der Waals surface area (Å²) >= 11 is 0. The Bertz CT molecular complexity index is 1380. The number of para-hydroxylation sites is 2. The van der Waals surface area contributed by atoms with Gasteiger partial charge in [-0.3, -0.25) is 0 Å². The highest BCUT2D eigenvalue weighted by Gasteiger charge is 2.18. The van der Waals surface area contributed by atoms with Gasteiger partial charge in [-0.15, -0.1) is 10.2 Å². The van der Waals surface area contributed by atoms with Gasteiger partial charge in [-0.05, 0) is 74.2 Å². The van der Waals surface area contributed by atoms with Crippen molar-refractivity contribution in [2.75, 3.05) is 10.6 Å². The zero-order chi connectivity index (χ0) is 29.0. The first-order valence-corrected chi connectivity index (χ1v) is 16.0. The Morgan fingerprint density at radius 2 is 0.929 bits per heavy atom. The van der Waals surface area contributed by atoms with Crippen LogP contribution in [0.15, 0.2) is 72.8 Å². The molecule has 42 heavy (non-hydrogen) atoms. The molecule has 8 heteroatoms. The van der Waals surface area contributed by atoms with Gasteiger partial charge in [-0.1, -0.05) is 99.9 Å². The van der Waals surface area contributed by atoms with Gasteiger partial charge in [0.05, 0.1) is 11.0 Å². The van der Waals surface area contributed by atoms with E-state index in [9.17, 15) is 0 Å². The van der Waals surface area contributed by atoms with Crippen LogP contribution in [0.4, 0.5) is 11.4 Å². The van der Waals surface area contributed by atoms with Crippen molar-refractivity contribution in [2.24, 2.45) is 0 Å². The quantitative estimate of drug-likeness (QED) is 0.103. The highest BCUT2D eigenvalue weighted by Crippen LogP contribution is 2.27. The lowest BCUT2D eigenvalue weighted by atomic mass is 10.1. The third-order valence-corrected chi connectivity index (χ3v) is 8.06. The summed E-state index contributed by atoms with van der Waals surface area (Å²) < 4.78 is 4.09. The fourth-order valence-corrected chi connectivity index (χ4v) is 5.68. The smallest absolute Gasteiger partial charge is 0.123 e. The maximum atomic E-state index is 4.54. The maximum Gasteiger partial charge on any atom is 0.123 e. The Balaban J connectivity index is 1.29. The van der Waals surface area contributed by atoms with Gasteiger partial charge in [-0.25, -0.2) is 9.36 Å². The van der Waals surface area contributed by atoms with Crippen LogP contribution in [0.5, 0.6) is 0 Å². The molecule has 0 aliphatic rings. The van der Waals surface area contributed by atoms with E-state index in [1.807, 2.05) is 33.6 Å². The lowest BCUT2D eigenvalue weighted by Gasteiger charge is -2.23. The first kappa shape index (κ1) is 29.5. The van der Waals surface area contributed by atoms with E-state index in [1.165, 1.54) is 51.4 Å². The molecule has 5 aromatic rings. The Hall–Kier alpha value is -3.94. The molecular formula is C34H46N8. The molecule has 0 bridgehead atoms. The average molecular weight is 567 g/mol. The number of hydrogen-bond acceptors (Lipinski definition) is 6. The summed E-state index contributed by atoms with van der Waals surface area (Å²) in [5.41, 5.74) is 6.11. The Morgan fingerprint density at radius 1 is 0.524 bits per heavy atom. The number of fused-ring (bicyclic) bond motifs is 2. The number of hydrogen-bond donors (Lipinski definition) is 2. The summed E-state index contributed by atoms with van der Waals surface area (Å²) in [6.07, 6.45) is 14.5. The number of anilines is 2. The van der Waals surface area contributed by atoms with E-state index in [4.69, 9.17) is 0 Å². The third kappa shape index (κ3) is 7.66. The highest BCUT2D eigenvalue weighted by molar-refractivity contribution is 5.75. The molecule has 0 fully saturated rings. The first-order valence-electron chi connectivity index (χ1n) is 16.0. The summed E-state index contributed by atoms with van der Waals surface area (Å²) in [6.45, 7) is 4.52. The van der Waals surface area contributed by atoms with Gasteiger partial charge in [0.1, 0.15) is 23.4 Å². The van der Waals surface area contributed by atoms with Gasteiger partial charge in [0, 0.05) is 11.4 Å². The lowest BCUT2D eigenvalue weighted by molar-refractivity contribution is 0.444. The van der Waals surface area contributed by atoms with E-state index in [0.717, 1.165) is 59.1 Å². The van der Waals surface area contributed by atoms with E-state index in [-0.39, 0.29) is 12.3 Å². The van der Waals surface area contributed by atoms with E-state index in [1.54, 1.807) is 0 Å². The minimum absolute atomic E-state index is 0.0372. The average Bonchev–Trinajstić information content (AvgIpc) is 3.65. The van der Waals surface area contributed by atoms with Gasteiger partial charge in [-0.2, -0.15) is 0 Å². The molecule has 0 spiro atoms. The fourth-order valence-electron chi connectivity index (χ4n) is 5.68. The van der Waals surface area contributed by atoms with Crippen LogP contribution >= 0.6 is 0 Å². The van der Waals surface area contributed by atoms with Gasteiger partial charge in [0.25, 0.3) is 0 Å². The van der Waals surface area contributed by atoms with Crippen molar-refractivity contribution in [1.29, 1.82) is 0 Å². The summed E-state index contributed by atoms with van der Waals surface area (Å²) in [6, 6.07) is 25.0. The first-order chi connectivity index (χ1) is 20.8. The number of benzene rings is 3. The van der Waals surface area contributed by atoms with Crippen LogP contribution in [-0.4, -0.2) is 30.0 Å². The van der Waals surface area contributed by atoms with Gasteiger partial charge >= 0.3 is 0 Å². The van der Waals surface area contributed by atoms with Crippen molar-refractivity contribution in [3.63, 3.8) is 0 Å². The molecule has 2 N–H and O–H groups in total. The minimum atomic E-state index is 0.0372. The Morgan fingerprint density at radius 3 is 1.36 bits per heavy atom. The second kappa shape index (κ2) is 15.3. The minimum Gasteiger partial charge on any atom is -0.364 e. The number of rotatable bonds is 18. The molecule has 222 valence electrons. The van der Waals surface area contributed by atoms with Crippen LogP contribution in [0, 0.1) is 0 Å². The molecule has 0 saturated carbocycles. The van der Waals surface area contributed by atoms with Crippen molar-refractivity contribution in [3.8, 4) is 0 Å².